The standard InChI is InChI=1S/C11H17N7O/c1-7(2)9-14-10(16-15-9)11(19)12-5-4-8-13-6-18(3)17-8/h6-7H,4-5H2,1-3H3,(H,12,19)(H,14,15,16). The average Bonchev–Trinajstić information content (AvgIpc) is 2.98. The predicted octanol–water partition coefficient (Wildman–Crippen LogP) is 0.0291. The molecule has 2 aromatic rings. The Labute approximate surface area is 110 Å². The molecule has 0 aliphatic carbocycles. The van der Waals surface area contributed by atoms with Crippen molar-refractivity contribution in [2.24, 2.45) is 7.05 Å². The second kappa shape index (κ2) is 5.59. The van der Waals surface area contributed by atoms with Gasteiger partial charge in [0.25, 0.3) is 5.91 Å². The lowest BCUT2D eigenvalue weighted by atomic mass is 10.2. The Morgan fingerprint density at radius 1 is 1.53 bits per heavy atom. The van der Waals surface area contributed by atoms with Crippen LogP contribution in [-0.4, -0.2) is 42.4 Å². The van der Waals surface area contributed by atoms with E-state index >= 15 is 0 Å². The van der Waals surface area contributed by atoms with E-state index in [2.05, 4.69) is 30.6 Å². The van der Waals surface area contributed by atoms with Crippen molar-refractivity contribution in [3.63, 3.8) is 0 Å². The van der Waals surface area contributed by atoms with E-state index in [0.717, 1.165) is 0 Å². The number of amides is 1. The summed E-state index contributed by atoms with van der Waals surface area (Å²) in [7, 11) is 1.80. The highest BCUT2D eigenvalue weighted by molar-refractivity contribution is 5.90. The van der Waals surface area contributed by atoms with Crippen LogP contribution in [0.5, 0.6) is 0 Å². The highest BCUT2D eigenvalue weighted by Gasteiger charge is 2.13. The lowest BCUT2D eigenvalue weighted by Gasteiger charge is -1.99. The van der Waals surface area contributed by atoms with Crippen LogP contribution in [0.3, 0.4) is 0 Å². The monoisotopic (exact) mass is 263 g/mol. The highest BCUT2D eigenvalue weighted by atomic mass is 16.2. The van der Waals surface area contributed by atoms with Gasteiger partial charge in [-0.3, -0.25) is 14.6 Å². The molecule has 0 atom stereocenters. The third-order valence-corrected chi connectivity index (χ3v) is 2.53. The third-order valence-electron chi connectivity index (χ3n) is 2.53. The zero-order chi connectivity index (χ0) is 13.8. The molecule has 0 fully saturated rings. The van der Waals surface area contributed by atoms with E-state index in [0.29, 0.717) is 24.6 Å². The molecule has 0 aliphatic heterocycles. The van der Waals surface area contributed by atoms with Gasteiger partial charge in [0.2, 0.25) is 5.82 Å². The second-order valence-electron chi connectivity index (χ2n) is 4.54. The number of hydrogen-bond acceptors (Lipinski definition) is 5. The Bertz CT molecular complexity index is 557. The zero-order valence-corrected chi connectivity index (χ0v) is 11.2. The lowest BCUT2D eigenvalue weighted by Crippen LogP contribution is -2.27. The molecular formula is C11H17N7O. The summed E-state index contributed by atoms with van der Waals surface area (Å²) in [5.74, 6) is 1.49. The second-order valence-corrected chi connectivity index (χ2v) is 4.54. The van der Waals surface area contributed by atoms with Crippen LogP contribution < -0.4 is 5.32 Å². The molecular weight excluding hydrogens is 246 g/mol. The van der Waals surface area contributed by atoms with Gasteiger partial charge in [-0.2, -0.15) is 5.10 Å². The van der Waals surface area contributed by atoms with E-state index in [1.54, 1.807) is 18.1 Å². The lowest BCUT2D eigenvalue weighted by molar-refractivity contribution is 0.0944. The number of aryl methyl sites for hydroxylation is 1. The molecule has 19 heavy (non-hydrogen) atoms. The molecule has 0 saturated heterocycles. The van der Waals surface area contributed by atoms with E-state index in [-0.39, 0.29) is 17.6 Å². The zero-order valence-electron chi connectivity index (χ0n) is 11.2. The summed E-state index contributed by atoms with van der Waals surface area (Å²) >= 11 is 0. The number of rotatable bonds is 5. The van der Waals surface area contributed by atoms with Gasteiger partial charge < -0.3 is 5.32 Å². The fourth-order valence-electron chi connectivity index (χ4n) is 1.50. The smallest absolute Gasteiger partial charge is 0.290 e. The van der Waals surface area contributed by atoms with Crippen LogP contribution in [0.1, 0.15) is 42.0 Å². The first-order chi connectivity index (χ1) is 9.06. The summed E-state index contributed by atoms with van der Waals surface area (Å²) in [4.78, 5) is 20.0. The first-order valence-electron chi connectivity index (χ1n) is 6.11. The normalized spacial score (nSPS) is 10.9. The number of nitrogens with one attached hydrogen (secondary N) is 2. The molecule has 0 radical (unpaired) electrons. The maximum absolute atomic E-state index is 11.8. The highest BCUT2D eigenvalue weighted by Crippen LogP contribution is 2.07. The molecule has 0 aromatic carbocycles. The van der Waals surface area contributed by atoms with Crippen molar-refractivity contribution in [2.75, 3.05) is 6.54 Å². The number of carbonyl (C=O) groups excluding carboxylic acids is 1. The maximum atomic E-state index is 11.8. The van der Waals surface area contributed by atoms with E-state index in [9.17, 15) is 4.79 Å². The fourth-order valence-corrected chi connectivity index (χ4v) is 1.50. The van der Waals surface area contributed by atoms with Crippen LogP contribution in [0.25, 0.3) is 0 Å². The van der Waals surface area contributed by atoms with Crippen LogP contribution in [0, 0.1) is 0 Å². The Hall–Kier alpha value is -2.25. The number of hydrogen-bond donors (Lipinski definition) is 2. The number of aromatic nitrogens is 6. The van der Waals surface area contributed by atoms with Crippen molar-refractivity contribution in [1.82, 2.24) is 35.3 Å². The summed E-state index contributed by atoms with van der Waals surface area (Å²) in [5, 5.41) is 13.5. The molecule has 102 valence electrons. The van der Waals surface area contributed by atoms with Gasteiger partial charge in [0.05, 0.1) is 0 Å². The molecule has 8 nitrogen and oxygen atoms in total. The number of nitrogens with zero attached hydrogens (tertiary/aromatic N) is 5. The summed E-state index contributed by atoms with van der Waals surface area (Å²) < 4.78 is 1.63. The molecule has 0 unspecified atom stereocenters. The number of H-pyrrole nitrogens is 1. The van der Waals surface area contributed by atoms with Gasteiger partial charge in [-0.1, -0.05) is 13.8 Å². The molecule has 2 aromatic heterocycles. The SMILES string of the molecule is CC(C)c1nc(C(=O)NCCc2ncn(C)n2)n[nH]1. The molecule has 0 spiro atoms. The van der Waals surface area contributed by atoms with Crippen LogP contribution in [0.4, 0.5) is 0 Å². The minimum absolute atomic E-state index is 0.165. The van der Waals surface area contributed by atoms with E-state index in [4.69, 9.17) is 0 Å². The van der Waals surface area contributed by atoms with Gasteiger partial charge >= 0.3 is 0 Å². The fraction of sp³-hybridized carbons (Fsp3) is 0.545. The minimum atomic E-state index is -0.293. The molecule has 1 amide bonds. The van der Waals surface area contributed by atoms with Gasteiger partial charge in [0, 0.05) is 25.9 Å². The topological polar surface area (TPSA) is 101 Å². The average molecular weight is 263 g/mol. The van der Waals surface area contributed by atoms with Crippen LogP contribution >= 0.6 is 0 Å². The first kappa shape index (κ1) is 13.2. The van der Waals surface area contributed by atoms with Gasteiger partial charge in [-0.15, -0.1) is 5.10 Å². The largest absolute Gasteiger partial charge is 0.349 e. The summed E-state index contributed by atoms with van der Waals surface area (Å²) in [6.45, 7) is 4.41. The number of carbonyl (C=O) groups is 1. The van der Waals surface area contributed by atoms with Crippen LogP contribution in [-0.2, 0) is 13.5 Å². The maximum Gasteiger partial charge on any atom is 0.290 e. The molecule has 0 aliphatic rings. The van der Waals surface area contributed by atoms with Crippen molar-refractivity contribution in [2.45, 2.75) is 26.2 Å². The van der Waals surface area contributed by atoms with Crippen LogP contribution in [0.15, 0.2) is 6.33 Å². The molecule has 0 saturated carbocycles. The third kappa shape index (κ3) is 3.36. The number of aromatic amines is 1. The Balaban J connectivity index is 1.83. The molecule has 0 bridgehead atoms. The Morgan fingerprint density at radius 3 is 2.89 bits per heavy atom. The minimum Gasteiger partial charge on any atom is -0.349 e. The van der Waals surface area contributed by atoms with Crippen molar-refractivity contribution < 1.29 is 4.79 Å². The molecule has 8 heteroatoms. The predicted molar refractivity (Wildman–Crippen MR) is 67.5 cm³/mol. The molecule has 2 heterocycles. The summed E-state index contributed by atoms with van der Waals surface area (Å²) in [6, 6.07) is 0. The van der Waals surface area contributed by atoms with Crippen molar-refractivity contribution in [3.8, 4) is 0 Å². The van der Waals surface area contributed by atoms with E-state index in [1.165, 1.54) is 0 Å². The quantitative estimate of drug-likeness (QED) is 0.792. The van der Waals surface area contributed by atoms with Crippen molar-refractivity contribution >= 4 is 5.91 Å². The Morgan fingerprint density at radius 2 is 2.32 bits per heavy atom. The van der Waals surface area contributed by atoms with Gasteiger partial charge in [-0.25, -0.2) is 9.97 Å². The summed E-state index contributed by atoms with van der Waals surface area (Å²) in [5.41, 5.74) is 0. The van der Waals surface area contributed by atoms with Gasteiger partial charge in [-0.05, 0) is 0 Å². The van der Waals surface area contributed by atoms with Crippen molar-refractivity contribution in [1.29, 1.82) is 0 Å². The van der Waals surface area contributed by atoms with Gasteiger partial charge in [0.1, 0.15) is 12.2 Å². The van der Waals surface area contributed by atoms with Crippen molar-refractivity contribution in [3.05, 3.63) is 23.8 Å². The van der Waals surface area contributed by atoms with E-state index < -0.39 is 0 Å². The molecule has 2 N–H and O–H groups in total. The Kier molecular flexibility index (Phi) is 3.88. The van der Waals surface area contributed by atoms with Gasteiger partial charge in [0.15, 0.2) is 5.82 Å². The van der Waals surface area contributed by atoms with E-state index in [1.807, 2.05) is 13.8 Å². The summed E-state index contributed by atoms with van der Waals surface area (Å²) in [6.07, 6.45) is 2.20. The molecule has 2 rings (SSSR count). The van der Waals surface area contributed by atoms with Crippen LogP contribution in [0.2, 0.25) is 0 Å². The first-order valence-corrected chi connectivity index (χ1v) is 6.11.